The van der Waals surface area contributed by atoms with Gasteiger partial charge in [0.25, 0.3) is 0 Å². The standard InChI is InChI=1S/C16H25NO3/c1-16(2)12(13(16)15(19)20)14(18)17-9-5-7-10-6-3-4-8-11(10)17/h10-13H,3-9H2,1-2H3,(H,19,20). The lowest BCUT2D eigenvalue weighted by molar-refractivity contribution is -0.144. The van der Waals surface area contributed by atoms with Crippen LogP contribution in [-0.4, -0.2) is 34.5 Å². The molecule has 1 saturated heterocycles. The molecule has 0 aromatic carbocycles. The molecule has 2 aliphatic carbocycles. The zero-order valence-electron chi connectivity index (χ0n) is 12.5. The highest BCUT2D eigenvalue weighted by molar-refractivity contribution is 5.91. The Morgan fingerprint density at radius 3 is 2.35 bits per heavy atom. The summed E-state index contributed by atoms with van der Waals surface area (Å²) in [6, 6.07) is 0.385. The minimum atomic E-state index is -0.814. The average molecular weight is 279 g/mol. The third kappa shape index (κ3) is 2.04. The Balaban J connectivity index is 1.75. The van der Waals surface area contributed by atoms with Gasteiger partial charge in [-0.3, -0.25) is 9.59 Å². The fourth-order valence-corrected chi connectivity index (χ4v) is 4.64. The van der Waals surface area contributed by atoms with Gasteiger partial charge in [-0.15, -0.1) is 0 Å². The zero-order chi connectivity index (χ0) is 14.5. The average Bonchev–Trinajstić information content (AvgIpc) is 3.00. The number of rotatable bonds is 2. The fraction of sp³-hybridized carbons (Fsp3) is 0.875. The lowest BCUT2D eigenvalue weighted by Crippen LogP contribution is -2.50. The van der Waals surface area contributed by atoms with E-state index in [1.807, 2.05) is 18.7 Å². The first-order chi connectivity index (χ1) is 9.44. The summed E-state index contributed by atoms with van der Waals surface area (Å²) in [6.07, 6.45) is 7.17. The summed E-state index contributed by atoms with van der Waals surface area (Å²) < 4.78 is 0. The highest BCUT2D eigenvalue weighted by atomic mass is 16.4. The van der Waals surface area contributed by atoms with Crippen LogP contribution in [0.4, 0.5) is 0 Å². The minimum Gasteiger partial charge on any atom is -0.481 e. The van der Waals surface area contributed by atoms with Crippen LogP contribution in [0.2, 0.25) is 0 Å². The summed E-state index contributed by atoms with van der Waals surface area (Å²) in [7, 11) is 0. The van der Waals surface area contributed by atoms with Gasteiger partial charge in [0.2, 0.25) is 5.91 Å². The van der Waals surface area contributed by atoms with Gasteiger partial charge in [-0.1, -0.05) is 26.7 Å². The highest BCUT2D eigenvalue weighted by Crippen LogP contribution is 2.59. The monoisotopic (exact) mass is 279 g/mol. The molecule has 3 rings (SSSR count). The number of amides is 1. The Labute approximate surface area is 120 Å². The highest BCUT2D eigenvalue weighted by Gasteiger charge is 2.67. The molecule has 112 valence electrons. The largest absolute Gasteiger partial charge is 0.481 e. The van der Waals surface area contributed by atoms with Gasteiger partial charge >= 0.3 is 5.97 Å². The van der Waals surface area contributed by atoms with Gasteiger partial charge in [0.05, 0.1) is 11.8 Å². The molecule has 0 bridgehead atoms. The molecule has 0 spiro atoms. The second kappa shape index (κ2) is 4.74. The summed E-state index contributed by atoms with van der Waals surface area (Å²) >= 11 is 0. The molecule has 3 aliphatic rings. The number of hydrogen-bond acceptors (Lipinski definition) is 2. The molecule has 2 saturated carbocycles. The van der Waals surface area contributed by atoms with Gasteiger partial charge in [0, 0.05) is 12.6 Å². The lowest BCUT2D eigenvalue weighted by atomic mass is 9.78. The Morgan fingerprint density at radius 1 is 1.05 bits per heavy atom. The number of carbonyl (C=O) groups excluding carboxylic acids is 1. The van der Waals surface area contributed by atoms with Crippen molar-refractivity contribution < 1.29 is 14.7 Å². The number of carboxylic acid groups (broad SMARTS) is 1. The molecular weight excluding hydrogens is 254 g/mol. The molecule has 4 atom stereocenters. The summed E-state index contributed by atoms with van der Waals surface area (Å²) in [5, 5.41) is 9.27. The van der Waals surface area contributed by atoms with Crippen LogP contribution < -0.4 is 0 Å². The van der Waals surface area contributed by atoms with Crippen LogP contribution in [0.15, 0.2) is 0 Å². The van der Waals surface area contributed by atoms with Crippen LogP contribution in [0.3, 0.4) is 0 Å². The smallest absolute Gasteiger partial charge is 0.307 e. The van der Waals surface area contributed by atoms with Crippen molar-refractivity contribution in [2.75, 3.05) is 6.54 Å². The van der Waals surface area contributed by atoms with E-state index < -0.39 is 11.9 Å². The van der Waals surface area contributed by atoms with E-state index in [-0.39, 0.29) is 17.2 Å². The number of carbonyl (C=O) groups is 2. The maximum atomic E-state index is 12.8. The van der Waals surface area contributed by atoms with E-state index in [2.05, 4.69) is 0 Å². The first-order valence-corrected chi connectivity index (χ1v) is 7.98. The maximum Gasteiger partial charge on any atom is 0.307 e. The number of carboxylic acids is 1. The second-order valence-electron chi connectivity index (χ2n) is 7.40. The number of hydrogen-bond donors (Lipinski definition) is 1. The number of nitrogens with zero attached hydrogens (tertiary/aromatic N) is 1. The van der Waals surface area contributed by atoms with Crippen LogP contribution in [-0.2, 0) is 9.59 Å². The van der Waals surface area contributed by atoms with Gasteiger partial charge in [0.1, 0.15) is 0 Å². The molecule has 4 unspecified atom stereocenters. The van der Waals surface area contributed by atoms with Crippen LogP contribution >= 0.6 is 0 Å². The Bertz CT molecular complexity index is 429. The molecule has 4 heteroatoms. The molecule has 1 aliphatic heterocycles. The molecule has 4 nitrogen and oxygen atoms in total. The maximum absolute atomic E-state index is 12.8. The van der Waals surface area contributed by atoms with Gasteiger partial charge in [0.15, 0.2) is 0 Å². The fourth-order valence-electron chi connectivity index (χ4n) is 4.64. The summed E-state index contributed by atoms with van der Waals surface area (Å²) in [5.41, 5.74) is -0.371. The first-order valence-electron chi connectivity index (χ1n) is 7.98. The van der Waals surface area contributed by atoms with E-state index in [0.29, 0.717) is 12.0 Å². The van der Waals surface area contributed by atoms with Crippen molar-refractivity contribution in [2.24, 2.45) is 23.2 Å². The van der Waals surface area contributed by atoms with E-state index in [1.165, 1.54) is 25.7 Å². The van der Waals surface area contributed by atoms with Gasteiger partial charge in [-0.25, -0.2) is 0 Å². The van der Waals surface area contributed by atoms with E-state index in [4.69, 9.17) is 0 Å². The molecule has 0 aromatic heterocycles. The number of piperidine rings is 1. The van der Waals surface area contributed by atoms with Crippen LogP contribution in [0.5, 0.6) is 0 Å². The normalized spacial score (nSPS) is 39.0. The molecule has 20 heavy (non-hydrogen) atoms. The number of likely N-dealkylation sites (tertiary alicyclic amines) is 1. The van der Waals surface area contributed by atoms with Crippen molar-refractivity contribution in [2.45, 2.75) is 58.4 Å². The zero-order valence-corrected chi connectivity index (χ0v) is 12.5. The minimum absolute atomic E-state index is 0.110. The van der Waals surface area contributed by atoms with Crippen molar-refractivity contribution in [1.82, 2.24) is 4.90 Å². The quantitative estimate of drug-likeness (QED) is 0.845. The summed E-state index contributed by atoms with van der Waals surface area (Å²) in [4.78, 5) is 26.1. The first kappa shape index (κ1) is 13.9. The van der Waals surface area contributed by atoms with E-state index in [1.54, 1.807) is 0 Å². The summed E-state index contributed by atoms with van der Waals surface area (Å²) in [6.45, 7) is 4.66. The SMILES string of the molecule is CC1(C)C(C(=O)O)C1C(=O)N1CCCC2CCCCC21. The molecule has 1 amide bonds. The van der Waals surface area contributed by atoms with Crippen molar-refractivity contribution in [3.8, 4) is 0 Å². The van der Waals surface area contributed by atoms with E-state index in [0.717, 1.165) is 19.4 Å². The van der Waals surface area contributed by atoms with Gasteiger partial charge < -0.3 is 10.0 Å². The predicted octanol–water partition coefficient (Wildman–Crippen LogP) is 2.52. The van der Waals surface area contributed by atoms with Crippen molar-refractivity contribution >= 4 is 11.9 Å². The Hall–Kier alpha value is -1.06. The number of aliphatic carboxylic acids is 1. The second-order valence-corrected chi connectivity index (χ2v) is 7.40. The summed E-state index contributed by atoms with van der Waals surface area (Å²) in [5.74, 6) is -0.837. The number of fused-ring (bicyclic) bond motifs is 1. The predicted molar refractivity (Wildman–Crippen MR) is 75.1 cm³/mol. The molecule has 1 heterocycles. The third-order valence-electron chi connectivity index (χ3n) is 5.89. The van der Waals surface area contributed by atoms with Crippen LogP contribution in [0.25, 0.3) is 0 Å². The topological polar surface area (TPSA) is 57.6 Å². The van der Waals surface area contributed by atoms with Crippen molar-refractivity contribution in [3.05, 3.63) is 0 Å². The van der Waals surface area contributed by atoms with Gasteiger partial charge in [-0.2, -0.15) is 0 Å². The molecule has 1 N–H and O–H groups in total. The molecule has 0 aromatic rings. The van der Waals surface area contributed by atoms with Crippen LogP contribution in [0, 0.1) is 23.2 Å². The van der Waals surface area contributed by atoms with Crippen molar-refractivity contribution in [3.63, 3.8) is 0 Å². The Kier molecular flexibility index (Phi) is 3.30. The molecular formula is C16H25NO3. The van der Waals surface area contributed by atoms with E-state index >= 15 is 0 Å². The molecule has 0 radical (unpaired) electrons. The third-order valence-corrected chi connectivity index (χ3v) is 5.89. The van der Waals surface area contributed by atoms with Crippen LogP contribution in [0.1, 0.15) is 52.4 Å². The van der Waals surface area contributed by atoms with E-state index in [9.17, 15) is 14.7 Å². The molecule has 3 fully saturated rings. The van der Waals surface area contributed by atoms with Gasteiger partial charge in [-0.05, 0) is 37.0 Å². The Morgan fingerprint density at radius 2 is 1.70 bits per heavy atom. The van der Waals surface area contributed by atoms with Crippen molar-refractivity contribution in [1.29, 1.82) is 0 Å². The lowest BCUT2D eigenvalue weighted by Gasteiger charge is -2.44.